The summed E-state index contributed by atoms with van der Waals surface area (Å²) in [7, 11) is 2.15. The second-order valence-electron chi connectivity index (χ2n) is 12.5. The first-order chi connectivity index (χ1) is 24.9. The van der Waals surface area contributed by atoms with Crippen LogP contribution in [0.2, 0.25) is 0 Å². The van der Waals surface area contributed by atoms with Gasteiger partial charge in [-0.3, -0.25) is 28.9 Å². The number of ether oxygens (including phenoxy) is 4. The highest BCUT2D eigenvalue weighted by Crippen LogP contribution is 2.38. The van der Waals surface area contributed by atoms with E-state index in [1.54, 1.807) is 18.7 Å². The summed E-state index contributed by atoms with van der Waals surface area (Å²) in [6.45, 7) is 6.98. The lowest BCUT2D eigenvalue weighted by molar-refractivity contribution is -0.165. The van der Waals surface area contributed by atoms with E-state index in [4.69, 9.17) is 24.1 Å². The Morgan fingerprint density at radius 2 is 1.54 bits per heavy atom. The zero-order chi connectivity index (χ0) is 38.8. The van der Waals surface area contributed by atoms with Gasteiger partial charge in [-0.05, 0) is 23.9 Å². The molecule has 1 aliphatic rings. The third kappa shape index (κ3) is 20.9. The van der Waals surface area contributed by atoms with Gasteiger partial charge >= 0.3 is 6.09 Å². The minimum Gasteiger partial charge on any atom is -0.444 e. The molecule has 1 heterocycles. The highest BCUT2D eigenvalue weighted by Gasteiger charge is 2.42. The normalized spacial score (nSPS) is 16.6. The van der Waals surface area contributed by atoms with E-state index in [0.717, 1.165) is 25.7 Å². The van der Waals surface area contributed by atoms with Gasteiger partial charge in [0, 0.05) is 58.4 Å². The lowest BCUT2D eigenvalue weighted by Crippen LogP contribution is -2.37. The average Bonchev–Trinajstić information content (AvgIpc) is 3.38. The summed E-state index contributed by atoms with van der Waals surface area (Å²) in [6.07, 6.45) is 2.07. The molecular weight excluding hydrogens is 701 g/mol. The van der Waals surface area contributed by atoms with Crippen LogP contribution in [0.5, 0.6) is 0 Å². The van der Waals surface area contributed by atoms with Gasteiger partial charge in [0.25, 0.3) is 0 Å². The van der Waals surface area contributed by atoms with Crippen molar-refractivity contribution in [3.8, 4) is 0 Å². The largest absolute Gasteiger partial charge is 0.444 e. The number of likely N-dealkylation sites (tertiary alicyclic amines) is 1. The Hall–Kier alpha value is -2.97. The predicted molar refractivity (Wildman–Crippen MR) is 196 cm³/mol. The molecule has 0 saturated carbocycles. The predicted octanol–water partition coefficient (Wildman–Crippen LogP) is -0.839. The molecule has 1 aliphatic heterocycles. The molecule has 4 atom stereocenters. The molecule has 0 aromatic rings. The van der Waals surface area contributed by atoms with Crippen LogP contribution < -0.4 is 21.3 Å². The van der Waals surface area contributed by atoms with E-state index >= 15 is 0 Å². The third-order valence-corrected chi connectivity index (χ3v) is 9.88. The molecule has 17 nitrogen and oxygen atoms in total. The number of nitrogens with one attached hydrogen (secondary N) is 4. The van der Waals surface area contributed by atoms with Crippen molar-refractivity contribution >= 4 is 55.2 Å². The molecule has 0 spiro atoms. The topological polar surface area (TPSA) is 231 Å². The van der Waals surface area contributed by atoms with Gasteiger partial charge in [-0.2, -0.15) is 11.8 Å². The van der Waals surface area contributed by atoms with Crippen LogP contribution in [0.1, 0.15) is 78.6 Å². The lowest BCUT2D eigenvalue weighted by atomic mass is 9.80. The van der Waals surface area contributed by atoms with Crippen LogP contribution in [0.25, 0.3) is 0 Å². The molecule has 298 valence electrons. The minimum absolute atomic E-state index is 0.00119. The molecule has 19 heteroatoms. The fourth-order valence-electron chi connectivity index (χ4n) is 4.83. The summed E-state index contributed by atoms with van der Waals surface area (Å²) in [5.74, 6) is -1.31. The Labute approximate surface area is 312 Å². The standard InChI is InChI=1S/C33H60BN5O12S/c1-4-7-11-33(34,6-3)52-25-21-29(44)39(31(25)46)16-9-27(42)37-15-18-49-20-19-48-17-10-28(43)36-14-13-35-26(41)8-12-38-32(47)50-23-30(45)51-24(5-2)22-40/h24-25,30,40,45H,4-23,34H2,1-3H3,(H,35,41)(H,36,43)(H,37,42)(H,38,47). The Morgan fingerprint density at radius 1 is 0.904 bits per heavy atom. The molecule has 0 bridgehead atoms. The molecule has 0 radical (unpaired) electrons. The highest BCUT2D eigenvalue weighted by molar-refractivity contribution is 8.03. The van der Waals surface area contributed by atoms with Crippen molar-refractivity contribution in [2.75, 3.05) is 72.4 Å². The lowest BCUT2D eigenvalue weighted by Gasteiger charge is -2.30. The number of carbonyl (C=O) groups excluding carboxylic acids is 6. The van der Waals surface area contributed by atoms with Crippen LogP contribution in [-0.2, 0) is 42.9 Å². The van der Waals surface area contributed by atoms with E-state index in [1.807, 2.05) is 0 Å². The molecule has 1 saturated heterocycles. The maximum absolute atomic E-state index is 12.9. The number of rotatable bonds is 30. The average molecular weight is 762 g/mol. The summed E-state index contributed by atoms with van der Waals surface area (Å²) >= 11 is 1.59. The molecule has 1 rings (SSSR count). The van der Waals surface area contributed by atoms with Crippen molar-refractivity contribution in [2.45, 2.75) is 101 Å². The fraction of sp³-hybridized carbons (Fsp3) is 0.818. The van der Waals surface area contributed by atoms with Gasteiger partial charge in [-0.25, -0.2) is 4.79 Å². The Kier molecular flexibility index (Phi) is 25.0. The van der Waals surface area contributed by atoms with Gasteiger partial charge in [0.15, 0.2) is 6.29 Å². The smallest absolute Gasteiger partial charge is 0.407 e. The SMILES string of the molecule is BC(CC)(CCCC)SC1CC(=O)N(CCC(=O)NCCOCCOCCC(=O)NCCNC(=O)CCNC(=O)OCC(O)OC(CC)CO)C1=O. The van der Waals surface area contributed by atoms with E-state index in [0.29, 0.717) is 6.42 Å². The molecule has 1 fully saturated rings. The highest BCUT2D eigenvalue weighted by atomic mass is 32.2. The number of alkyl carbamates (subject to hydrolysis) is 1. The number of imide groups is 1. The van der Waals surface area contributed by atoms with E-state index in [1.165, 1.54) is 4.90 Å². The summed E-state index contributed by atoms with van der Waals surface area (Å²) in [5.41, 5.74) is 0. The minimum atomic E-state index is -1.38. The van der Waals surface area contributed by atoms with E-state index in [2.05, 4.69) is 43.0 Å². The first-order valence-electron chi connectivity index (χ1n) is 18.2. The maximum atomic E-state index is 12.9. The molecule has 4 unspecified atom stereocenters. The van der Waals surface area contributed by atoms with Crippen molar-refractivity contribution in [3.63, 3.8) is 0 Å². The summed E-state index contributed by atoms with van der Waals surface area (Å²) < 4.78 is 20.6. The molecular formula is C33H60BN5O12S. The van der Waals surface area contributed by atoms with Gasteiger partial charge in [-0.1, -0.05) is 33.6 Å². The molecule has 0 aromatic carbocycles. The number of aliphatic hydroxyl groups is 2. The van der Waals surface area contributed by atoms with E-state index in [-0.39, 0.29) is 126 Å². The molecule has 52 heavy (non-hydrogen) atoms. The Balaban J connectivity index is 2.02. The number of thioether (sulfide) groups is 1. The van der Waals surface area contributed by atoms with Crippen LogP contribution in [0.15, 0.2) is 0 Å². The van der Waals surface area contributed by atoms with Crippen molar-refractivity contribution in [1.29, 1.82) is 0 Å². The van der Waals surface area contributed by atoms with Crippen LogP contribution in [0.4, 0.5) is 4.79 Å². The fourth-order valence-corrected chi connectivity index (χ4v) is 6.40. The number of hydrogen-bond acceptors (Lipinski definition) is 13. The maximum Gasteiger partial charge on any atom is 0.407 e. The second kappa shape index (κ2) is 27.6. The summed E-state index contributed by atoms with van der Waals surface area (Å²) in [4.78, 5) is 74.3. The quantitative estimate of drug-likeness (QED) is 0.0227. The monoisotopic (exact) mass is 761 g/mol. The number of carbonyl (C=O) groups is 6. The van der Waals surface area contributed by atoms with Gasteiger partial charge in [0.2, 0.25) is 29.5 Å². The van der Waals surface area contributed by atoms with E-state index in [9.17, 15) is 33.9 Å². The summed E-state index contributed by atoms with van der Waals surface area (Å²) in [5, 5.41) is 28.6. The summed E-state index contributed by atoms with van der Waals surface area (Å²) in [6, 6.07) is 0. The van der Waals surface area contributed by atoms with Gasteiger partial charge in [0.1, 0.15) is 14.5 Å². The van der Waals surface area contributed by atoms with Crippen LogP contribution in [0.3, 0.4) is 0 Å². The molecule has 6 amide bonds. The second-order valence-corrected chi connectivity index (χ2v) is 14.2. The molecule has 0 aromatic heterocycles. The number of amides is 6. The van der Waals surface area contributed by atoms with Gasteiger partial charge < -0.3 is 50.4 Å². The number of nitrogens with zero attached hydrogens (tertiary/aromatic N) is 1. The van der Waals surface area contributed by atoms with Crippen molar-refractivity contribution in [3.05, 3.63) is 0 Å². The van der Waals surface area contributed by atoms with Crippen LogP contribution >= 0.6 is 11.8 Å². The number of unbranched alkanes of at least 4 members (excludes halogenated alkanes) is 1. The molecule has 0 aliphatic carbocycles. The third-order valence-electron chi connectivity index (χ3n) is 8.17. The first kappa shape index (κ1) is 47.1. The van der Waals surface area contributed by atoms with E-state index < -0.39 is 30.3 Å². The number of aliphatic hydroxyl groups excluding tert-OH is 2. The first-order valence-corrected chi connectivity index (χ1v) is 19.1. The Bertz CT molecular complexity index is 1110. The van der Waals surface area contributed by atoms with Crippen molar-refractivity contribution in [2.24, 2.45) is 0 Å². The van der Waals surface area contributed by atoms with Crippen LogP contribution in [-0.4, -0.2) is 153 Å². The van der Waals surface area contributed by atoms with Gasteiger partial charge in [-0.15, -0.1) is 0 Å². The number of hydrogen-bond donors (Lipinski definition) is 6. The van der Waals surface area contributed by atoms with Crippen molar-refractivity contribution < 1.29 is 57.9 Å². The van der Waals surface area contributed by atoms with Crippen LogP contribution in [0, 0.1) is 0 Å². The molecule has 6 N–H and O–H groups in total. The zero-order valence-electron chi connectivity index (χ0n) is 31.2. The van der Waals surface area contributed by atoms with Crippen molar-refractivity contribution in [1.82, 2.24) is 26.2 Å². The van der Waals surface area contributed by atoms with Gasteiger partial charge in [0.05, 0.1) is 44.4 Å². The Morgan fingerprint density at radius 3 is 2.17 bits per heavy atom. The zero-order valence-corrected chi connectivity index (χ0v) is 32.0.